The van der Waals surface area contributed by atoms with E-state index in [1.54, 1.807) is 11.8 Å². The van der Waals surface area contributed by atoms with Gasteiger partial charge in [-0.3, -0.25) is 4.79 Å². The minimum absolute atomic E-state index is 0.160. The molecule has 0 aromatic heterocycles. The fourth-order valence-electron chi connectivity index (χ4n) is 1.68. The second-order valence-electron chi connectivity index (χ2n) is 4.40. The van der Waals surface area contributed by atoms with Gasteiger partial charge in [0.25, 0.3) is 0 Å². The lowest BCUT2D eigenvalue weighted by atomic mass is 9.99. The standard InChI is InChI=1S/C15H22O2S/c1-5-17-15-8-7-12(11(3)4)9-13(15)14(16)10-18-6-2/h7-9,11H,5-6,10H2,1-4H3. The van der Waals surface area contributed by atoms with E-state index in [2.05, 4.69) is 20.8 Å². The van der Waals surface area contributed by atoms with E-state index in [-0.39, 0.29) is 5.78 Å². The molecule has 0 atom stereocenters. The predicted molar refractivity (Wildman–Crippen MR) is 79.0 cm³/mol. The Balaban J connectivity index is 3.02. The fraction of sp³-hybridized carbons (Fsp3) is 0.533. The zero-order valence-corrected chi connectivity index (χ0v) is 12.5. The first-order chi connectivity index (χ1) is 8.60. The third-order valence-corrected chi connectivity index (χ3v) is 3.58. The van der Waals surface area contributed by atoms with E-state index in [4.69, 9.17) is 4.74 Å². The lowest BCUT2D eigenvalue weighted by Gasteiger charge is -2.13. The molecular formula is C15H22O2S. The van der Waals surface area contributed by atoms with Crippen molar-refractivity contribution in [1.29, 1.82) is 0 Å². The Labute approximate surface area is 114 Å². The summed E-state index contributed by atoms with van der Waals surface area (Å²) in [4.78, 5) is 12.2. The molecule has 18 heavy (non-hydrogen) atoms. The first-order valence-electron chi connectivity index (χ1n) is 6.47. The highest BCUT2D eigenvalue weighted by atomic mass is 32.2. The monoisotopic (exact) mass is 266 g/mol. The van der Waals surface area contributed by atoms with Gasteiger partial charge in [0, 0.05) is 0 Å². The van der Waals surface area contributed by atoms with Gasteiger partial charge in [-0.25, -0.2) is 0 Å². The van der Waals surface area contributed by atoms with Gasteiger partial charge in [-0.15, -0.1) is 0 Å². The molecule has 100 valence electrons. The van der Waals surface area contributed by atoms with Crippen LogP contribution in [0.3, 0.4) is 0 Å². The minimum Gasteiger partial charge on any atom is -0.493 e. The average Bonchev–Trinajstić information content (AvgIpc) is 2.36. The number of benzene rings is 1. The summed E-state index contributed by atoms with van der Waals surface area (Å²) < 4.78 is 5.54. The molecule has 0 radical (unpaired) electrons. The van der Waals surface area contributed by atoms with Crippen molar-refractivity contribution < 1.29 is 9.53 Å². The molecule has 0 bridgehead atoms. The van der Waals surface area contributed by atoms with Crippen molar-refractivity contribution in [1.82, 2.24) is 0 Å². The van der Waals surface area contributed by atoms with Crippen LogP contribution in [-0.4, -0.2) is 23.9 Å². The van der Waals surface area contributed by atoms with Gasteiger partial charge < -0.3 is 4.74 Å². The second kappa shape index (κ2) is 7.47. The van der Waals surface area contributed by atoms with Gasteiger partial charge in [-0.2, -0.15) is 11.8 Å². The Morgan fingerprint density at radius 1 is 1.33 bits per heavy atom. The SMILES string of the molecule is CCOc1ccc(C(C)C)cc1C(=O)CSCC. The normalized spacial score (nSPS) is 10.7. The number of ether oxygens (including phenoxy) is 1. The van der Waals surface area contributed by atoms with Crippen LogP contribution in [-0.2, 0) is 0 Å². The van der Waals surface area contributed by atoms with Crippen LogP contribution in [0, 0.1) is 0 Å². The smallest absolute Gasteiger partial charge is 0.176 e. The molecule has 0 aliphatic heterocycles. The average molecular weight is 266 g/mol. The number of hydrogen-bond acceptors (Lipinski definition) is 3. The van der Waals surface area contributed by atoms with Crippen LogP contribution in [0.5, 0.6) is 5.75 Å². The van der Waals surface area contributed by atoms with E-state index in [9.17, 15) is 4.79 Å². The molecule has 0 saturated carbocycles. The summed E-state index contributed by atoms with van der Waals surface area (Å²) in [6.45, 7) is 8.84. The third kappa shape index (κ3) is 4.05. The molecule has 0 unspecified atom stereocenters. The van der Waals surface area contributed by atoms with Gasteiger partial charge in [-0.05, 0) is 36.3 Å². The van der Waals surface area contributed by atoms with Gasteiger partial charge in [0.2, 0.25) is 0 Å². The van der Waals surface area contributed by atoms with Crippen molar-refractivity contribution in [3.05, 3.63) is 29.3 Å². The first-order valence-corrected chi connectivity index (χ1v) is 7.63. The Morgan fingerprint density at radius 2 is 2.06 bits per heavy atom. The molecule has 0 aliphatic rings. The van der Waals surface area contributed by atoms with E-state index in [1.807, 2.05) is 25.1 Å². The van der Waals surface area contributed by atoms with Gasteiger partial charge in [0.1, 0.15) is 5.75 Å². The van der Waals surface area contributed by atoms with Gasteiger partial charge >= 0.3 is 0 Å². The molecular weight excluding hydrogens is 244 g/mol. The molecule has 1 aromatic carbocycles. The van der Waals surface area contributed by atoms with E-state index in [0.717, 1.165) is 11.3 Å². The van der Waals surface area contributed by atoms with Crippen molar-refractivity contribution >= 4 is 17.5 Å². The number of rotatable bonds is 7. The summed E-state index contributed by atoms with van der Waals surface area (Å²) in [5.41, 5.74) is 1.91. The summed E-state index contributed by atoms with van der Waals surface area (Å²) >= 11 is 1.65. The molecule has 3 heteroatoms. The highest BCUT2D eigenvalue weighted by Gasteiger charge is 2.14. The molecule has 0 spiro atoms. The molecule has 0 N–H and O–H groups in total. The number of ketones is 1. The number of thioether (sulfide) groups is 1. The molecule has 0 fully saturated rings. The zero-order valence-electron chi connectivity index (χ0n) is 11.7. The molecule has 1 rings (SSSR count). The number of carbonyl (C=O) groups is 1. The van der Waals surface area contributed by atoms with Crippen LogP contribution in [0.2, 0.25) is 0 Å². The lowest BCUT2D eigenvalue weighted by molar-refractivity contribution is 0.101. The Bertz CT molecular complexity index is 399. The van der Waals surface area contributed by atoms with Gasteiger partial charge in [0.15, 0.2) is 5.78 Å². The molecule has 0 amide bonds. The van der Waals surface area contributed by atoms with Crippen molar-refractivity contribution in [2.24, 2.45) is 0 Å². The van der Waals surface area contributed by atoms with Crippen molar-refractivity contribution in [2.45, 2.75) is 33.6 Å². The van der Waals surface area contributed by atoms with Crippen molar-refractivity contribution in [3.63, 3.8) is 0 Å². The summed E-state index contributed by atoms with van der Waals surface area (Å²) in [6.07, 6.45) is 0. The van der Waals surface area contributed by atoms with Crippen LogP contribution < -0.4 is 4.74 Å². The quantitative estimate of drug-likeness (QED) is 0.694. The molecule has 0 heterocycles. The van der Waals surface area contributed by atoms with Crippen LogP contribution >= 0.6 is 11.8 Å². The lowest BCUT2D eigenvalue weighted by Crippen LogP contribution is -2.08. The first kappa shape index (κ1) is 15.1. The molecule has 0 saturated heterocycles. The van der Waals surface area contributed by atoms with Crippen LogP contribution in [0.1, 0.15) is 49.5 Å². The van der Waals surface area contributed by atoms with E-state index in [0.29, 0.717) is 24.0 Å². The summed E-state index contributed by atoms with van der Waals surface area (Å²) in [5, 5.41) is 0. The van der Waals surface area contributed by atoms with Crippen LogP contribution in [0.4, 0.5) is 0 Å². The third-order valence-electron chi connectivity index (χ3n) is 2.71. The summed E-state index contributed by atoms with van der Waals surface area (Å²) in [6, 6.07) is 5.94. The van der Waals surface area contributed by atoms with Crippen LogP contribution in [0.25, 0.3) is 0 Å². The fourth-order valence-corrected chi connectivity index (χ4v) is 2.22. The van der Waals surface area contributed by atoms with Crippen LogP contribution in [0.15, 0.2) is 18.2 Å². The second-order valence-corrected chi connectivity index (χ2v) is 5.68. The Kier molecular flexibility index (Phi) is 6.27. The minimum atomic E-state index is 0.160. The summed E-state index contributed by atoms with van der Waals surface area (Å²) in [7, 11) is 0. The maximum Gasteiger partial charge on any atom is 0.176 e. The Morgan fingerprint density at radius 3 is 2.61 bits per heavy atom. The van der Waals surface area contributed by atoms with Gasteiger partial charge in [0.05, 0.1) is 17.9 Å². The van der Waals surface area contributed by atoms with E-state index in [1.165, 1.54) is 5.56 Å². The highest BCUT2D eigenvalue weighted by Crippen LogP contribution is 2.25. The van der Waals surface area contributed by atoms with Gasteiger partial charge in [-0.1, -0.05) is 26.8 Å². The molecule has 1 aromatic rings. The van der Waals surface area contributed by atoms with E-state index < -0.39 is 0 Å². The largest absolute Gasteiger partial charge is 0.493 e. The molecule has 0 aliphatic carbocycles. The topological polar surface area (TPSA) is 26.3 Å². The summed E-state index contributed by atoms with van der Waals surface area (Å²) in [5.74, 6) is 2.78. The molecule has 2 nitrogen and oxygen atoms in total. The van der Waals surface area contributed by atoms with E-state index >= 15 is 0 Å². The highest BCUT2D eigenvalue weighted by molar-refractivity contribution is 7.99. The van der Waals surface area contributed by atoms with Crippen molar-refractivity contribution in [2.75, 3.05) is 18.1 Å². The number of hydrogen-bond donors (Lipinski definition) is 0. The predicted octanol–water partition coefficient (Wildman–Crippen LogP) is 4.14. The maximum absolute atomic E-state index is 12.2. The zero-order chi connectivity index (χ0) is 13.5. The van der Waals surface area contributed by atoms with Crippen molar-refractivity contribution in [3.8, 4) is 5.75 Å². The Hall–Kier alpha value is -0.960. The number of Topliss-reactive ketones (excluding diaryl/α,β-unsaturated/α-hetero) is 1. The maximum atomic E-state index is 12.2. The number of carbonyl (C=O) groups excluding carboxylic acids is 1.